The first-order chi connectivity index (χ1) is 35.6. The second kappa shape index (κ2) is 61.3. The standard InChI is InChI=1S/C67H110O5/c1-4-7-10-13-16-19-22-25-28-31-34-36-39-42-45-48-51-54-57-60-66(68)71-64-65(63-70-62-59-56-53-50-47-44-41-38-33-30-27-24-21-18-15-12-9-6-3)72-67(69)61-58-55-52-49-46-43-40-37-35-32-29-26-23-20-17-14-11-8-5-2/h7,9-10,12,16-21,25-30,34-37,42,45,65H,4-6,8,11,13-15,22-24,31-33,38-41,43-44,46-64H2,1-3H3/b10-7-,12-9-,19-16-,20-17-,21-18-,28-25-,29-26-,30-27-,36-34-,37-35-,45-42-. The number of carbonyl (C=O) groups is 2. The van der Waals surface area contributed by atoms with Crippen molar-refractivity contribution in [2.45, 2.75) is 258 Å². The molecule has 0 rings (SSSR count). The van der Waals surface area contributed by atoms with Crippen LogP contribution in [0.2, 0.25) is 0 Å². The van der Waals surface area contributed by atoms with Gasteiger partial charge >= 0.3 is 11.9 Å². The van der Waals surface area contributed by atoms with Crippen molar-refractivity contribution >= 4 is 11.9 Å². The summed E-state index contributed by atoms with van der Waals surface area (Å²) in [5.41, 5.74) is 0. The fourth-order valence-corrected chi connectivity index (χ4v) is 7.79. The van der Waals surface area contributed by atoms with Gasteiger partial charge in [-0.25, -0.2) is 0 Å². The maximum atomic E-state index is 12.9. The van der Waals surface area contributed by atoms with Crippen molar-refractivity contribution in [1.29, 1.82) is 0 Å². The number of allylic oxidation sites excluding steroid dienone is 22. The van der Waals surface area contributed by atoms with Gasteiger partial charge in [-0.1, -0.05) is 238 Å². The van der Waals surface area contributed by atoms with Gasteiger partial charge in [0.15, 0.2) is 6.10 Å². The average molecular weight is 996 g/mol. The van der Waals surface area contributed by atoms with E-state index >= 15 is 0 Å². The number of ether oxygens (including phenoxy) is 3. The molecule has 0 aliphatic carbocycles. The van der Waals surface area contributed by atoms with Crippen LogP contribution in [0.25, 0.3) is 0 Å². The minimum atomic E-state index is -0.572. The van der Waals surface area contributed by atoms with Gasteiger partial charge in [0, 0.05) is 19.4 Å². The second-order valence-electron chi connectivity index (χ2n) is 19.1. The molecule has 0 aromatic rings. The zero-order valence-corrected chi connectivity index (χ0v) is 46.9. The quantitative estimate of drug-likeness (QED) is 0.0345. The van der Waals surface area contributed by atoms with E-state index in [1.807, 2.05) is 0 Å². The molecular formula is C67H110O5. The summed E-state index contributed by atoms with van der Waals surface area (Å²) in [4.78, 5) is 25.6. The van der Waals surface area contributed by atoms with E-state index in [-0.39, 0.29) is 25.2 Å². The lowest BCUT2D eigenvalue weighted by molar-refractivity contribution is -0.163. The number of esters is 2. The van der Waals surface area contributed by atoms with Gasteiger partial charge in [-0.05, 0) is 135 Å². The lowest BCUT2D eigenvalue weighted by Crippen LogP contribution is -2.30. The van der Waals surface area contributed by atoms with Crippen molar-refractivity contribution in [2.75, 3.05) is 19.8 Å². The molecule has 0 bridgehead atoms. The van der Waals surface area contributed by atoms with E-state index in [1.165, 1.54) is 89.9 Å². The van der Waals surface area contributed by atoms with Gasteiger partial charge in [-0.3, -0.25) is 9.59 Å². The van der Waals surface area contributed by atoms with Gasteiger partial charge in [-0.15, -0.1) is 0 Å². The van der Waals surface area contributed by atoms with Gasteiger partial charge in [0.2, 0.25) is 0 Å². The van der Waals surface area contributed by atoms with Crippen molar-refractivity contribution in [2.24, 2.45) is 0 Å². The summed E-state index contributed by atoms with van der Waals surface area (Å²) in [6.07, 6.45) is 87.6. The summed E-state index contributed by atoms with van der Waals surface area (Å²) in [6.45, 7) is 7.51. The molecule has 0 saturated carbocycles. The maximum absolute atomic E-state index is 12.9. The highest BCUT2D eigenvalue weighted by Crippen LogP contribution is 2.13. The zero-order valence-electron chi connectivity index (χ0n) is 46.9. The molecule has 1 unspecified atom stereocenters. The van der Waals surface area contributed by atoms with E-state index in [0.717, 1.165) is 128 Å². The zero-order chi connectivity index (χ0) is 52.0. The van der Waals surface area contributed by atoms with E-state index in [0.29, 0.717) is 19.4 Å². The van der Waals surface area contributed by atoms with Gasteiger partial charge < -0.3 is 14.2 Å². The molecule has 1 atom stereocenters. The first-order valence-corrected chi connectivity index (χ1v) is 29.7. The average Bonchev–Trinajstić information content (AvgIpc) is 3.38. The lowest BCUT2D eigenvalue weighted by atomic mass is 10.1. The van der Waals surface area contributed by atoms with Crippen molar-refractivity contribution in [3.8, 4) is 0 Å². The summed E-state index contributed by atoms with van der Waals surface area (Å²) in [5, 5.41) is 0. The van der Waals surface area contributed by atoms with Crippen LogP contribution < -0.4 is 0 Å². The Morgan fingerprint density at radius 3 is 1.01 bits per heavy atom. The van der Waals surface area contributed by atoms with Crippen molar-refractivity contribution < 1.29 is 23.8 Å². The second-order valence-corrected chi connectivity index (χ2v) is 19.1. The van der Waals surface area contributed by atoms with Crippen LogP contribution in [0, 0.1) is 0 Å². The van der Waals surface area contributed by atoms with E-state index in [9.17, 15) is 9.59 Å². The number of rotatable bonds is 53. The molecule has 0 saturated heterocycles. The Bertz CT molecular complexity index is 1500. The highest BCUT2D eigenvalue weighted by molar-refractivity contribution is 5.70. The normalized spacial score (nSPS) is 13.2. The third kappa shape index (κ3) is 58.6. The van der Waals surface area contributed by atoms with E-state index in [2.05, 4.69) is 154 Å². The topological polar surface area (TPSA) is 61.8 Å². The van der Waals surface area contributed by atoms with E-state index in [1.54, 1.807) is 0 Å². The summed E-state index contributed by atoms with van der Waals surface area (Å²) >= 11 is 0. The molecule has 0 amide bonds. The molecule has 0 radical (unpaired) electrons. The number of carbonyl (C=O) groups excluding carboxylic acids is 2. The van der Waals surface area contributed by atoms with Crippen LogP contribution in [0.4, 0.5) is 0 Å². The van der Waals surface area contributed by atoms with E-state index in [4.69, 9.17) is 14.2 Å². The summed E-state index contributed by atoms with van der Waals surface area (Å²) in [5.74, 6) is -0.457. The molecule has 0 aliphatic heterocycles. The number of unbranched alkanes of at least 4 members (excludes halogenated alkanes) is 20. The molecule has 0 aliphatic rings. The molecule has 0 N–H and O–H groups in total. The Morgan fingerprint density at radius 1 is 0.319 bits per heavy atom. The summed E-state index contributed by atoms with van der Waals surface area (Å²) < 4.78 is 17.5. The molecule has 408 valence electrons. The fourth-order valence-electron chi connectivity index (χ4n) is 7.79. The van der Waals surface area contributed by atoms with Crippen LogP contribution in [-0.2, 0) is 23.8 Å². The van der Waals surface area contributed by atoms with Crippen molar-refractivity contribution in [1.82, 2.24) is 0 Å². The smallest absolute Gasteiger partial charge is 0.306 e. The predicted octanol–water partition coefficient (Wildman–Crippen LogP) is 20.7. The Kier molecular flexibility index (Phi) is 58.0. The molecule has 5 nitrogen and oxygen atoms in total. The minimum Gasteiger partial charge on any atom is -0.462 e. The SMILES string of the molecule is CC/C=C\C/C=C\C/C=C\C/C=C\C/C=C\CCCCCC(=O)OCC(COCCCCCCCCCC/C=C\C/C=C\C/C=C\CC)OC(=O)CCCCCCCC/C=C\C/C=C\C/C=C\CCCCC. The first kappa shape index (κ1) is 68.0. The summed E-state index contributed by atoms with van der Waals surface area (Å²) in [6, 6.07) is 0. The molecule has 0 aromatic heterocycles. The van der Waals surface area contributed by atoms with Gasteiger partial charge in [-0.2, -0.15) is 0 Å². The Balaban J connectivity index is 4.41. The Morgan fingerprint density at radius 2 is 0.625 bits per heavy atom. The highest BCUT2D eigenvalue weighted by Gasteiger charge is 2.17. The molecule has 72 heavy (non-hydrogen) atoms. The Labute approximate surface area is 445 Å². The number of hydrogen-bond donors (Lipinski definition) is 0. The monoisotopic (exact) mass is 995 g/mol. The van der Waals surface area contributed by atoms with Crippen LogP contribution in [0.15, 0.2) is 134 Å². The van der Waals surface area contributed by atoms with Crippen LogP contribution >= 0.6 is 0 Å². The minimum absolute atomic E-state index is 0.0513. The molecule has 5 heteroatoms. The molecule has 0 fully saturated rings. The summed E-state index contributed by atoms with van der Waals surface area (Å²) in [7, 11) is 0. The maximum Gasteiger partial charge on any atom is 0.306 e. The predicted molar refractivity (Wildman–Crippen MR) is 315 cm³/mol. The highest BCUT2D eigenvalue weighted by atomic mass is 16.6. The first-order valence-electron chi connectivity index (χ1n) is 29.7. The largest absolute Gasteiger partial charge is 0.462 e. The molecular weight excluding hydrogens is 885 g/mol. The molecule has 0 aromatic carbocycles. The van der Waals surface area contributed by atoms with Gasteiger partial charge in [0.05, 0.1) is 6.61 Å². The lowest BCUT2D eigenvalue weighted by Gasteiger charge is -2.18. The number of hydrogen-bond acceptors (Lipinski definition) is 5. The van der Waals surface area contributed by atoms with Crippen LogP contribution in [-0.4, -0.2) is 37.9 Å². The van der Waals surface area contributed by atoms with Crippen LogP contribution in [0.1, 0.15) is 252 Å². The molecule has 0 heterocycles. The molecule has 0 spiro atoms. The third-order valence-corrected chi connectivity index (χ3v) is 12.2. The van der Waals surface area contributed by atoms with Crippen molar-refractivity contribution in [3.63, 3.8) is 0 Å². The van der Waals surface area contributed by atoms with Gasteiger partial charge in [0.25, 0.3) is 0 Å². The van der Waals surface area contributed by atoms with Crippen LogP contribution in [0.5, 0.6) is 0 Å². The van der Waals surface area contributed by atoms with Crippen molar-refractivity contribution in [3.05, 3.63) is 134 Å². The third-order valence-electron chi connectivity index (χ3n) is 12.2. The van der Waals surface area contributed by atoms with Gasteiger partial charge in [0.1, 0.15) is 6.61 Å². The fraction of sp³-hybridized carbons (Fsp3) is 0.642. The Hall–Kier alpha value is -3.96. The van der Waals surface area contributed by atoms with Crippen LogP contribution in [0.3, 0.4) is 0 Å². The van der Waals surface area contributed by atoms with E-state index < -0.39 is 6.10 Å².